The van der Waals surface area contributed by atoms with E-state index >= 15 is 0 Å². The van der Waals surface area contributed by atoms with E-state index in [1.165, 1.54) is 18.4 Å². The fourth-order valence-corrected chi connectivity index (χ4v) is 3.20. The Morgan fingerprint density at radius 3 is 3.00 bits per heavy atom. The molecule has 116 valence electrons. The van der Waals surface area contributed by atoms with Crippen LogP contribution in [0.1, 0.15) is 36.8 Å². The molecular weight excluding hydrogens is 284 g/mol. The first-order valence-corrected chi connectivity index (χ1v) is 7.88. The number of thiocarbonyl (C=S) groups is 1. The summed E-state index contributed by atoms with van der Waals surface area (Å²) in [5, 5.41) is 9.00. The van der Waals surface area contributed by atoms with Crippen molar-refractivity contribution in [3.63, 3.8) is 0 Å². The number of rotatable bonds is 7. The number of methoxy groups -OCH3 is 1. The minimum atomic E-state index is 0.276. The van der Waals surface area contributed by atoms with Gasteiger partial charge in [0, 0.05) is 19.2 Å². The first-order valence-electron chi connectivity index (χ1n) is 7.47. The molecule has 1 heterocycles. The fourth-order valence-electron chi connectivity index (χ4n) is 3.04. The molecule has 21 heavy (non-hydrogen) atoms. The highest BCUT2D eigenvalue weighted by Gasteiger charge is 2.24. The predicted octanol–water partition coefficient (Wildman–Crippen LogP) is 2.07. The quantitative estimate of drug-likeness (QED) is 0.755. The van der Waals surface area contributed by atoms with Crippen LogP contribution in [-0.4, -0.2) is 41.3 Å². The lowest BCUT2D eigenvalue weighted by Crippen LogP contribution is -2.29. The van der Waals surface area contributed by atoms with Crippen molar-refractivity contribution in [3.05, 3.63) is 29.3 Å². The van der Waals surface area contributed by atoms with E-state index in [0.717, 1.165) is 37.2 Å². The second-order valence-corrected chi connectivity index (χ2v) is 5.97. The van der Waals surface area contributed by atoms with Gasteiger partial charge in [-0.15, -0.1) is 0 Å². The van der Waals surface area contributed by atoms with Gasteiger partial charge in [-0.05, 0) is 49.9 Å². The van der Waals surface area contributed by atoms with Crippen molar-refractivity contribution in [2.45, 2.75) is 38.3 Å². The first-order chi connectivity index (χ1) is 10.2. The van der Waals surface area contributed by atoms with Gasteiger partial charge in [0.25, 0.3) is 0 Å². The molecule has 1 saturated heterocycles. The second kappa shape index (κ2) is 7.73. The van der Waals surface area contributed by atoms with Crippen molar-refractivity contribution in [1.82, 2.24) is 4.90 Å². The monoisotopic (exact) mass is 308 g/mol. The Labute approximate surface area is 131 Å². The average Bonchev–Trinajstić information content (AvgIpc) is 2.92. The first kappa shape index (κ1) is 16.2. The van der Waals surface area contributed by atoms with Gasteiger partial charge >= 0.3 is 0 Å². The number of benzene rings is 1. The summed E-state index contributed by atoms with van der Waals surface area (Å²) in [4.78, 5) is 2.85. The van der Waals surface area contributed by atoms with Gasteiger partial charge in [-0.2, -0.15) is 0 Å². The van der Waals surface area contributed by atoms with Crippen LogP contribution in [0.3, 0.4) is 0 Å². The van der Waals surface area contributed by atoms with E-state index in [2.05, 4.69) is 11.0 Å². The molecule has 3 N–H and O–H groups in total. The number of ether oxygens (including phenoxy) is 1. The normalized spacial score (nSPS) is 18.9. The highest BCUT2D eigenvalue weighted by molar-refractivity contribution is 7.80. The molecule has 1 unspecified atom stereocenters. The molecule has 1 aliphatic heterocycles. The number of likely N-dealkylation sites (tertiary alicyclic amines) is 1. The molecule has 0 spiro atoms. The molecule has 0 aromatic heterocycles. The lowest BCUT2D eigenvalue weighted by molar-refractivity contribution is 0.210. The number of hydrogen-bond acceptors (Lipinski definition) is 4. The Bertz CT molecular complexity index is 493. The summed E-state index contributed by atoms with van der Waals surface area (Å²) >= 11 is 5.10. The molecule has 1 fully saturated rings. The minimum Gasteiger partial charge on any atom is -0.496 e. The van der Waals surface area contributed by atoms with E-state index < -0.39 is 0 Å². The molecule has 0 saturated carbocycles. The molecule has 5 heteroatoms. The summed E-state index contributed by atoms with van der Waals surface area (Å²) in [6.07, 6.45) is 4.39. The zero-order chi connectivity index (χ0) is 15.2. The van der Waals surface area contributed by atoms with Gasteiger partial charge in [0.2, 0.25) is 0 Å². The van der Waals surface area contributed by atoms with Crippen LogP contribution in [-0.2, 0) is 6.54 Å². The maximum atomic E-state index is 9.00. The molecule has 1 atom stereocenters. The standard InChI is InChI=1S/C16H24N2O2S/c1-20-15-7-6-12(10-14(15)16(17)21)11-18-8-2-4-13(18)5-3-9-19/h6-7,10,13,19H,2-5,8-9,11H2,1H3,(H2,17,21). The molecule has 2 rings (SSSR count). The lowest BCUT2D eigenvalue weighted by atomic mass is 10.1. The van der Waals surface area contributed by atoms with Gasteiger partial charge in [-0.1, -0.05) is 18.3 Å². The van der Waals surface area contributed by atoms with E-state index in [4.69, 9.17) is 27.8 Å². The van der Waals surface area contributed by atoms with Crippen LogP contribution in [0, 0.1) is 0 Å². The molecule has 4 nitrogen and oxygen atoms in total. The third kappa shape index (κ3) is 4.15. The van der Waals surface area contributed by atoms with E-state index in [0.29, 0.717) is 11.0 Å². The van der Waals surface area contributed by atoms with Crippen molar-refractivity contribution >= 4 is 17.2 Å². The number of hydrogen-bond donors (Lipinski definition) is 2. The number of aliphatic hydroxyl groups is 1. The molecule has 1 aliphatic rings. The molecule has 0 radical (unpaired) electrons. The van der Waals surface area contributed by atoms with Gasteiger partial charge in [0.05, 0.1) is 12.7 Å². The minimum absolute atomic E-state index is 0.276. The van der Waals surface area contributed by atoms with Crippen LogP contribution >= 0.6 is 12.2 Å². The molecule has 1 aromatic rings. The second-order valence-electron chi connectivity index (χ2n) is 5.53. The lowest BCUT2D eigenvalue weighted by Gasteiger charge is -2.24. The largest absolute Gasteiger partial charge is 0.496 e. The highest BCUT2D eigenvalue weighted by Crippen LogP contribution is 2.26. The molecule has 0 bridgehead atoms. The Morgan fingerprint density at radius 1 is 1.52 bits per heavy atom. The molecule has 0 aliphatic carbocycles. The highest BCUT2D eigenvalue weighted by atomic mass is 32.1. The van der Waals surface area contributed by atoms with Crippen LogP contribution in [0.5, 0.6) is 5.75 Å². The maximum absolute atomic E-state index is 9.00. The van der Waals surface area contributed by atoms with Crippen molar-refractivity contribution < 1.29 is 9.84 Å². The van der Waals surface area contributed by atoms with Gasteiger partial charge in [-0.3, -0.25) is 4.90 Å². The van der Waals surface area contributed by atoms with Crippen molar-refractivity contribution in [3.8, 4) is 5.75 Å². The topological polar surface area (TPSA) is 58.7 Å². The SMILES string of the molecule is COc1ccc(CN2CCCC2CCCO)cc1C(N)=S. The Morgan fingerprint density at radius 2 is 2.33 bits per heavy atom. The van der Waals surface area contributed by atoms with Crippen LogP contribution in [0.4, 0.5) is 0 Å². The fraction of sp³-hybridized carbons (Fsp3) is 0.562. The van der Waals surface area contributed by atoms with Gasteiger partial charge in [0.15, 0.2) is 0 Å². The smallest absolute Gasteiger partial charge is 0.129 e. The van der Waals surface area contributed by atoms with Crippen LogP contribution < -0.4 is 10.5 Å². The zero-order valence-corrected chi connectivity index (χ0v) is 13.4. The van der Waals surface area contributed by atoms with Crippen molar-refractivity contribution in [2.75, 3.05) is 20.3 Å². The number of nitrogens with zero attached hydrogens (tertiary/aromatic N) is 1. The number of aliphatic hydroxyl groups excluding tert-OH is 1. The van der Waals surface area contributed by atoms with Crippen LogP contribution in [0.15, 0.2) is 18.2 Å². The van der Waals surface area contributed by atoms with Gasteiger partial charge in [0.1, 0.15) is 10.7 Å². The van der Waals surface area contributed by atoms with Gasteiger partial charge < -0.3 is 15.6 Å². The summed E-state index contributed by atoms with van der Waals surface area (Å²) in [7, 11) is 1.63. The van der Waals surface area contributed by atoms with Crippen LogP contribution in [0.2, 0.25) is 0 Å². The van der Waals surface area contributed by atoms with Crippen LogP contribution in [0.25, 0.3) is 0 Å². The number of nitrogens with two attached hydrogens (primary N) is 1. The van der Waals surface area contributed by atoms with Gasteiger partial charge in [-0.25, -0.2) is 0 Å². The Kier molecular flexibility index (Phi) is 5.96. The summed E-state index contributed by atoms with van der Waals surface area (Å²) in [5.74, 6) is 0.726. The third-order valence-electron chi connectivity index (χ3n) is 4.11. The maximum Gasteiger partial charge on any atom is 0.129 e. The van der Waals surface area contributed by atoms with E-state index in [9.17, 15) is 0 Å². The summed E-state index contributed by atoms with van der Waals surface area (Å²) < 4.78 is 5.30. The zero-order valence-electron chi connectivity index (χ0n) is 12.5. The molecular formula is C16H24N2O2S. The summed E-state index contributed by atoms with van der Waals surface area (Å²) in [5.41, 5.74) is 7.78. The van der Waals surface area contributed by atoms with E-state index in [1.807, 2.05) is 12.1 Å². The Balaban J connectivity index is 2.08. The van der Waals surface area contributed by atoms with E-state index in [1.54, 1.807) is 7.11 Å². The van der Waals surface area contributed by atoms with Crippen molar-refractivity contribution in [1.29, 1.82) is 0 Å². The average molecular weight is 308 g/mol. The van der Waals surface area contributed by atoms with Crippen molar-refractivity contribution in [2.24, 2.45) is 5.73 Å². The third-order valence-corrected chi connectivity index (χ3v) is 4.33. The van der Waals surface area contributed by atoms with E-state index in [-0.39, 0.29) is 6.61 Å². The molecule has 1 aromatic carbocycles. The summed E-state index contributed by atoms with van der Waals surface area (Å²) in [6.45, 7) is 2.29. The summed E-state index contributed by atoms with van der Waals surface area (Å²) in [6, 6.07) is 6.61. The molecule has 0 amide bonds. The Hall–Kier alpha value is -1.17. The predicted molar refractivity (Wildman–Crippen MR) is 88.6 cm³/mol.